The highest BCUT2D eigenvalue weighted by atomic mass is 16.5. The zero-order valence-corrected chi connectivity index (χ0v) is 12.0. The third kappa shape index (κ3) is 3.26. The standard InChI is InChI=1S/C17H24O2/c1-17(9-4-3-5-10-17)16-7-6-14(8-11-18)12-15(16)13-19-2/h4,6-7,9,12,18H,3,5,8,10-11,13H2,1-2H3/t17-/m1/s1. The first-order chi connectivity index (χ1) is 9.19. The molecule has 1 aromatic carbocycles. The summed E-state index contributed by atoms with van der Waals surface area (Å²) in [5, 5.41) is 9.07. The van der Waals surface area contributed by atoms with E-state index < -0.39 is 0 Å². The van der Waals surface area contributed by atoms with Crippen molar-refractivity contribution in [1.82, 2.24) is 0 Å². The number of aliphatic hydroxyl groups excluding tert-OH is 1. The Kier molecular flexibility index (Phi) is 4.78. The van der Waals surface area contributed by atoms with Crippen LogP contribution in [0.1, 0.15) is 42.9 Å². The summed E-state index contributed by atoms with van der Waals surface area (Å²) < 4.78 is 5.35. The van der Waals surface area contributed by atoms with Gasteiger partial charge in [0, 0.05) is 19.1 Å². The van der Waals surface area contributed by atoms with Crippen molar-refractivity contribution in [2.75, 3.05) is 13.7 Å². The summed E-state index contributed by atoms with van der Waals surface area (Å²) in [6.45, 7) is 3.14. The minimum absolute atomic E-state index is 0.129. The highest BCUT2D eigenvalue weighted by Crippen LogP contribution is 2.37. The van der Waals surface area contributed by atoms with Crippen molar-refractivity contribution in [3.05, 3.63) is 47.0 Å². The van der Waals surface area contributed by atoms with E-state index in [1.807, 2.05) is 0 Å². The zero-order chi connectivity index (χ0) is 13.7. The summed E-state index contributed by atoms with van der Waals surface area (Å²) in [4.78, 5) is 0. The van der Waals surface area contributed by atoms with Gasteiger partial charge in [-0.3, -0.25) is 0 Å². The number of hydrogen-bond donors (Lipinski definition) is 1. The molecule has 1 aliphatic rings. The molecule has 0 unspecified atom stereocenters. The Bertz CT molecular complexity index is 451. The van der Waals surface area contributed by atoms with Crippen molar-refractivity contribution in [2.24, 2.45) is 0 Å². The second-order valence-corrected chi connectivity index (χ2v) is 5.61. The van der Waals surface area contributed by atoms with E-state index >= 15 is 0 Å². The normalized spacial score (nSPS) is 22.7. The molecule has 1 aromatic rings. The van der Waals surface area contributed by atoms with Gasteiger partial charge in [-0.05, 0) is 42.4 Å². The maximum absolute atomic E-state index is 9.07. The van der Waals surface area contributed by atoms with Gasteiger partial charge in [0.05, 0.1) is 6.61 Å². The van der Waals surface area contributed by atoms with Gasteiger partial charge >= 0.3 is 0 Å². The molecule has 1 N–H and O–H groups in total. The van der Waals surface area contributed by atoms with E-state index in [9.17, 15) is 0 Å². The molecule has 0 bridgehead atoms. The molecule has 0 fully saturated rings. The molecule has 104 valence electrons. The summed E-state index contributed by atoms with van der Waals surface area (Å²) in [5.41, 5.74) is 3.93. The molecule has 1 aliphatic carbocycles. The molecule has 2 heteroatoms. The fourth-order valence-corrected chi connectivity index (χ4v) is 3.00. The number of benzene rings is 1. The van der Waals surface area contributed by atoms with Crippen LogP contribution in [-0.4, -0.2) is 18.8 Å². The predicted molar refractivity (Wildman–Crippen MR) is 78.3 cm³/mol. The van der Waals surface area contributed by atoms with E-state index in [1.54, 1.807) is 7.11 Å². The Labute approximate surface area is 116 Å². The monoisotopic (exact) mass is 260 g/mol. The molecule has 0 saturated carbocycles. The summed E-state index contributed by atoms with van der Waals surface area (Å²) in [7, 11) is 1.74. The molecule has 0 aromatic heterocycles. The van der Waals surface area contributed by atoms with E-state index in [0.29, 0.717) is 13.0 Å². The van der Waals surface area contributed by atoms with Crippen LogP contribution in [-0.2, 0) is 23.2 Å². The Morgan fingerprint density at radius 2 is 2.21 bits per heavy atom. The number of allylic oxidation sites excluding steroid dienone is 2. The van der Waals surface area contributed by atoms with Gasteiger partial charge in [-0.25, -0.2) is 0 Å². The van der Waals surface area contributed by atoms with Crippen molar-refractivity contribution >= 4 is 0 Å². The van der Waals surface area contributed by atoms with Gasteiger partial charge in [-0.2, -0.15) is 0 Å². The zero-order valence-electron chi connectivity index (χ0n) is 12.0. The maximum atomic E-state index is 9.07. The molecule has 0 saturated heterocycles. The first-order valence-electron chi connectivity index (χ1n) is 7.09. The van der Waals surface area contributed by atoms with Gasteiger partial charge in [0.15, 0.2) is 0 Å². The number of aliphatic hydroxyl groups is 1. The van der Waals surface area contributed by atoms with Crippen LogP contribution in [0.15, 0.2) is 30.4 Å². The number of ether oxygens (including phenoxy) is 1. The van der Waals surface area contributed by atoms with E-state index in [-0.39, 0.29) is 12.0 Å². The fraction of sp³-hybridized carbons (Fsp3) is 0.529. The first kappa shape index (κ1) is 14.3. The van der Waals surface area contributed by atoms with Crippen LogP contribution in [0.2, 0.25) is 0 Å². The lowest BCUT2D eigenvalue weighted by molar-refractivity contribution is 0.183. The number of rotatable bonds is 5. The van der Waals surface area contributed by atoms with Crippen LogP contribution in [0.3, 0.4) is 0 Å². The molecular formula is C17H24O2. The number of hydrogen-bond acceptors (Lipinski definition) is 2. The van der Waals surface area contributed by atoms with Crippen LogP contribution in [0.4, 0.5) is 0 Å². The first-order valence-corrected chi connectivity index (χ1v) is 7.09. The third-order valence-corrected chi connectivity index (χ3v) is 4.04. The van der Waals surface area contributed by atoms with Gasteiger partial charge < -0.3 is 9.84 Å². The second kappa shape index (κ2) is 6.36. The van der Waals surface area contributed by atoms with Gasteiger partial charge in [-0.1, -0.05) is 37.3 Å². The molecule has 0 heterocycles. The highest BCUT2D eigenvalue weighted by Gasteiger charge is 2.27. The van der Waals surface area contributed by atoms with E-state index in [0.717, 1.165) is 0 Å². The van der Waals surface area contributed by atoms with Crippen LogP contribution in [0, 0.1) is 0 Å². The Balaban J connectivity index is 2.37. The van der Waals surface area contributed by atoms with Crippen LogP contribution in [0.5, 0.6) is 0 Å². The lowest BCUT2D eigenvalue weighted by Gasteiger charge is -2.32. The Hall–Kier alpha value is -1.12. The molecular weight excluding hydrogens is 236 g/mol. The fourth-order valence-electron chi connectivity index (χ4n) is 3.00. The van der Waals surface area contributed by atoms with Gasteiger partial charge in [-0.15, -0.1) is 0 Å². The Morgan fingerprint density at radius 1 is 1.37 bits per heavy atom. The molecule has 19 heavy (non-hydrogen) atoms. The molecule has 1 atom stereocenters. The third-order valence-electron chi connectivity index (χ3n) is 4.04. The van der Waals surface area contributed by atoms with Gasteiger partial charge in [0.25, 0.3) is 0 Å². The average molecular weight is 260 g/mol. The SMILES string of the molecule is COCc1cc(CCO)ccc1[C@]1(C)C=CCCC1. The largest absolute Gasteiger partial charge is 0.396 e. The topological polar surface area (TPSA) is 29.5 Å². The molecule has 0 amide bonds. The van der Waals surface area contributed by atoms with Crippen molar-refractivity contribution in [1.29, 1.82) is 0 Å². The van der Waals surface area contributed by atoms with Crippen LogP contribution >= 0.6 is 0 Å². The average Bonchev–Trinajstić information content (AvgIpc) is 2.40. The Morgan fingerprint density at radius 3 is 2.84 bits per heavy atom. The van der Waals surface area contributed by atoms with E-state index in [4.69, 9.17) is 9.84 Å². The smallest absolute Gasteiger partial charge is 0.0716 e. The second-order valence-electron chi connectivity index (χ2n) is 5.61. The lowest BCUT2D eigenvalue weighted by atomic mass is 9.73. The van der Waals surface area contributed by atoms with Gasteiger partial charge in [0.2, 0.25) is 0 Å². The van der Waals surface area contributed by atoms with E-state index in [2.05, 4.69) is 37.3 Å². The van der Waals surface area contributed by atoms with Crippen molar-refractivity contribution in [3.8, 4) is 0 Å². The summed E-state index contributed by atoms with van der Waals surface area (Å²) in [6, 6.07) is 6.54. The minimum atomic E-state index is 0.129. The molecule has 2 nitrogen and oxygen atoms in total. The number of methoxy groups -OCH3 is 1. The van der Waals surface area contributed by atoms with Crippen LogP contribution in [0.25, 0.3) is 0 Å². The molecule has 2 rings (SSSR count). The van der Waals surface area contributed by atoms with E-state index in [1.165, 1.54) is 36.0 Å². The summed E-state index contributed by atoms with van der Waals surface area (Å²) >= 11 is 0. The highest BCUT2D eigenvalue weighted by molar-refractivity contribution is 5.40. The summed E-state index contributed by atoms with van der Waals surface area (Å²) in [5.74, 6) is 0. The predicted octanol–water partition coefficient (Wildman–Crippen LogP) is 3.37. The summed E-state index contributed by atoms with van der Waals surface area (Å²) in [6.07, 6.45) is 8.98. The van der Waals surface area contributed by atoms with Gasteiger partial charge in [0.1, 0.15) is 0 Å². The molecule has 0 radical (unpaired) electrons. The minimum Gasteiger partial charge on any atom is -0.396 e. The van der Waals surface area contributed by atoms with Crippen molar-refractivity contribution < 1.29 is 9.84 Å². The molecule has 0 spiro atoms. The van der Waals surface area contributed by atoms with Crippen molar-refractivity contribution in [3.63, 3.8) is 0 Å². The lowest BCUT2D eigenvalue weighted by Crippen LogP contribution is -2.23. The maximum Gasteiger partial charge on any atom is 0.0716 e. The van der Waals surface area contributed by atoms with Crippen molar-refractivity contribution in [2.45, 2.75) is 44.6 Å². The van der Waals surface area contributed by atoms with Crippen LogP contribution < -0.4 is 0 Å². The quantitative estimate of drug-likeness (QED) is 0.823. The molecule has 0 aliphatic heterocycles.